The third-order valence-electron chi connectivity index (χ3n) is 5.76. The zero-order valence-electron chi connectivity index (χ0n) is 21.3. The smallest absolute Gasteiger partial charge is 0.271 e. The highest BCUT2D eigenvalue weighted by atomic mass is 35.5. The zero-order chi connectivity index (χ0) is 26.8. The topological polar surface area (TPSA) is 102 Å². The van der Waals surface area contributed by atoms with Gasteiger partial charge >= 0.3 is 0 Å². The summed E-state index contributed by atoms with van der Waals surface area (Å²) in [6.07, 6.45) is 5.80. The molecular weight excluding hydrogens is 503 g/mol. The molecule has 1 heterocycles. The molecule has 36 heavy (non-hydrogen) atoms. The molecule has 2 rings (SSSR count). The molecule has 7 nitrogen and oxygen atoms in total. The highest BCUT2D eigenvalue weighted by molar-refractivity contribution is 6.38. The van der Waals surface area contributed by atoms with E-state index in [2.05, 4.69) is 6.92 Å². The predicted octanol–water partition coefficient (Wildman–Crippen LogP) is 6.44. The van der Waals surface area contributed by atoms with Crippen molar-refractivity contribution in [1.82, 2.24) is 4.57 Å². The summed E-state index contributed by atoms with van der Waals surface area (Å²) in [4.78, 5) is 26.2. The summed E-state index contributed by atoms with van der Waals surface area (Å²) in [6.45, 7) is 8.28. The van der Waals surface area contributed by atoms with E-state index in [1.807, 2.05) is 19.9 Å². The Kier molecular flexibility index (Phi) is 11.8. The van der Waals surface area contributed by atoms with Crippen LogP contribution >= 0.6 is 23.2 Å². The molecule has 0 saturated carbocycles. The highest BCUT2D eigenvalue weighted by Gasteiger charge is 2.26. The molecule has 0 unspecified atom stereocenters. The molecule has 9 heteroatoms. The van der Waals surface area contributed by atoms with Crippen LogP contribution in [0.25, 0.3) is 0 Å². The minimum atomic E-state index is -0.660. The van der Waals surface area contributed by atoms with Crippen LogP contribution in [0.4, 0.5) is 0 Å². The van der Waals surface area contributed by atoms with Crippen molar-refractivity contribution in [2.24, 2.45) is 0 Å². The molecular formula is C27H34Cl2N2O5. The summed E-state index contributed by atoms with van der Waals surface area (Å²) in [6, 6.07) is 4.69. The fraction of sp³-hybridized carbons (Fsp3) is 0.519. The van der Waals surface area contributed by atoms with Gasteiger partial charge in [-0.05, 0) is 51.3 Å². The molecule has 2 aromatic rings. The van der Waals surface area contributed by atoms with Crippen LogP contribution in [0.15, 0.2) is 16.9 Å². The number of pyridine rings is 1. The van der Waals surface area contributed by atoms with Gasteiger partial charge in [-0.15, -0.1) is 0 Å². The number of aromatic hydroxyl groups is 1. The normalized spacial score (nSPS) is 11.1. The first-order valence-electron chi connectivity index (χ1n) is 12.3. The number of benzene rings is 1. The Labute approximate surface area is 222 Å². The van der Waals surface area contributed by atoms with E-state index < -0.39 is 17.2 Å². The number of carbonyl (C=O) groups excluding carboxylic acids is 1. The average Bonchev–Trinajstić information content (AvgIpc) is 2.82. The standard InChI is InChI=1S/C27H34Cl2N2O5/c1-5-6-7-8-9-12-36-25-21(28)14-19(15-22(25)29)24(32)23-18(4)20(16-30)26(33)31(27(23)34)11-10-13-35-17(2)3/h14-15,17,34H,5-13H2,1-4H3. The lowest BCUT2D eigenvalue weighted by Crippen LogP contribution is -2.27. The molecule has 0 aliphatic carbocycles. The fourth-order valence-corrected chi connectivity index (χ4v) is 4.42. The Morgan fingerprint density at radius 3 is 2.33 bits per heavy atom. The molecule has 0 radical (unpaired) electrons. The second-order valence-corrected chi connectivity index (χ2v) is 9.72. The molecule has 1 aromatic heterocycles. The third-order valence-corrected chi connectivity index (χ3v) is 6.32. The van der Waals surface area contributed by atoms with E-state index in [0.29, 0.717) is 25.4 Å². The Bertz CT molecular complexity index is 1150. The van der Waals surface area contributed by atoms with Gasteiger partial charge in [0.1, 0.15) is 11.6 Å². The van der Waals surface area contributed by atoms with Crippen molar-refractivity contribution in [3.05, 3.63) is 54.8 Å². The van der Waals surface area contributed by atoms with Gasteiger partial charge in [-0.2, -0.15) is 5.26 Å². The predicted molar refractivity (Wildman–Crippen MR) is 142 cm³/mol. The maximum Gasteiger partial charge on any atom is 0.271 e. The first-order chi connectivity index (χ1) is 17.1. The largest absolute Gasteiger partial charge is 0.494 e. The molecule has 0 fully saturated rings. The SMILES string of the molecule is CCCCCCCOc1c(Cl)cc(C(=O)c2c(C)c(C#N)c(=O)n(CCCOC(C)C)c2O)cc1Cl. The fourth-order valence-electron chi connectivity index (χ4n) is 3.82. The van der Waals surface area contributed by atoms with E-state index in [0.717, 1.165) is 30.3 Å². The number of hydrogen-bond acceptors (Lipinski definition) is 6. The number of ether oxygens (including phenoxy) is 2. The average molecular weight is 537 g/mol. The molecule has 196 valence electrons. The van der Waals surface area contributed by atoms with E-state index in [1.165, 1.54) is 25.5 Å². The van der Waals surface area contributed by atoms with Gasteiger partial charge in [0.05, 0.1) is 28.3 Å². The second kappa shape index (κ2) is 14.3. The second-order valence-electron chi connectivity index (χ2n) is 8.90. The number of rotatable bonds is 14. The van der Waals surface area contributed by atoms with Crippen molar-refractivity contribution in [2.75, 3.05) is 13.2 Å². The van der Waals surface area contributed by atoms with Crippen LogP contribution < -0.4 is 10.3 Å². The van der Waals surface area contributed by atoms with Gasteiger partial charge in [-0.3, -0.25) is 14.2 Å². The number of nitrogens with zero attached hydrogens (tertiary/aromatic N) is 2. The minimum absolute atomic E-state index is 0.0163. The van der Waals surface area contributed by atoms with Crippen molar-refractivity contribution < 1.29 is 19.4 Å². The Balaban J connectivity index is 2.34. The summed E-state index contributed by atoms with van der Waals surface area (Å²) >= 11 is 12.8. The molecule has 1 N–H and O–H groups in total. The quantitative estimate of drug-likeness (QED) is 0.220. The number of hydrogen-bond donors (Lipinski definition) is 1. The molecule has 0 aliphatic rings. The van der Waals surface area contributed by atoms with E-state index in [-0.39, 0.29) is 44.9 Å². The van der Waals surface area contributed by atoms with Gasteiger partial charge in [0, 0.05) is 18.7 Å². The molecule has 0 spiro atoms. The van der Waals surface area contributed by atoms with Gasteiger partial charge in [0.25, 0.3) is 5.56 Å². The van der Waals surface area contributed by atoms with Gasteiger partial charge in [-0.1, -0.05) is 55.8 Å². The number of carbonyl (C=O) groups is 1. The van der Waals surface area contributed by atoms with Crippen molar-refractivity contribution in [1.29, 1.82) is 5.26 Å². The zero-order valence-corrected chi connectivity index (χ0v) is 22.8. The maximum atomic E-state index is 13.4. The van der Waals surface area contributed by atoms with Gasteiger partial charge in [-0.25, -0.2) is 0 Å². The summed E-state index contributed by atoms with van der Waals surface area (Å²) < 4.78 is 12.3. The van der Waals surface area contributed by atoms with Crippen LogP contribution in [0.2, 0.25) is 10.0 Å². The number of nitriles is 1. The van der Waals surface area contributed by atoms with E-state index >= 15 is 0 Å². The van der Waals surface area contributed by atoms with Crippen LogP contribution in [0.3, 0.4) is 0 Å². The van der Waals surface area contributed by atoms with Crippen LogP contribution in [0.5, 0.6) is 11.6 Å². The van der Waals surface area contributed by atoms with Crippen LogP contribution in [0.1, 0.15) is 86.3 Å². The lowest BCUT2D eigenvalue weighted by Gasteiger charge is -2.17. The van der Waals surface area contributed by atoms with Gasteiger partial charge in [0.15, 0.2) is 11.5 Å². The Morgan fingerprint density at radius 2 is 1.75 bits per heavy atom. The molecule has 0 aliphatic heterocycles. The first kappa shape index (κ1) is 29.7. The van der Waals surface area contributed by atoms with Crippen LogP contribution in [-0.2, 0) is 11.3 Å². The third kappa shape index (κ3) is 7.49. The molecule has 0 bridgehead atoms. The van der Waals surface area contributed by atoms with Crippen molar-refractivity contribution >= 4 is 29.0 Å². The van der Waals surface area contributed by atoms with Crippen LogP contribution in [0, 0.1) is 18.3 Å². The number of halogens is 2. The summed E-state index contributed by atoms with van der Waals surface area (Å²) in [5, 5.41) is 20.8. The van der Waals surface area contributed by atoms with Crippen molar-refractivity contribution in [2.45, 2.75) is 78.9 Å². The number of unbranched alkanes of at least 4 members (excludes halogenated alkanes) is 4. The Morgan fingerprint density at radius 1 is 1.11 bits per heavy atom. The van der Waals surface area contributed by atoms with Crippen molar-refractivity contribution in [3.63, 3.8) is 0 Å². The number of aromatic nitrogens is 1. The molecule has 0 saturated heterocycles. The summed E-state index contributed by atoms with van der Waals surface area (Å²) in [5.41, 5.74) is -0.809. The summed E-state index contributed by atoms with van der Waals surface area (Å²) in [7, 11) is 0. The van der Waals surface area contributed by atoms with Gasteiger partial charge < -0.3 is 14.6 Å². The monoisotopic (exact) mass is 536 g/mol. The van der Waals surface area contributed by atoms with Crippen molar-refractivity contribution in [3.8, 4) is 17.7 Å². The molecule has 0 amide bonds. The van der Waals surface area contributed by atoms with Crippen LogP contribution in [-0.4, -0.2) is 34.8 Å². The van der Waals surface area contributed by atoms with E-state index in [1.54, 1.807) is 0 Å². The lowest BCUT2D eigenvalue weighted by molar-refractivity contribution is 0.0743. The first-order valence-corrected chi connectivity index (χ1v) is 13.0. The van der Waals surface area contributed by atoms with E-state index in [9.17, 15) is 20.0 Å². The molecule has 0 atom stereocenters. The highest BCUT2D eigenvalue weighted by Crippen LogP contribution is 2.36. The van der Waals surface area contributed by atoms with E-state index in [4.69, 9.17) is 32.7 Å². The maximum absolute atomic E-state index is 13.4. The minimum Gasteiger partial charge on any atom is -0.494 e. The number of ketones is 1. The Hall–Kier alpha value is -2.53. The lowest BCUT2D eigenvalue weighted by atomic mass is 9.97. The summed E-state index contributed by atoms with van der Waals surface area (Å²) in [5.74, 6) is -0.826. The molecule has 1 aromatic carbocycles. The van der Waals surface area contributed by atoms with Gasteiger partial charge in [0.2, 0.25) is 5.88 Å².